The van der Waals surface area contributed by atoms with Crippen molar-refractivity contribution in [2.45, 2.75) is 20.8 Å². The maximum Gasteiger partial charge on any atom is 0.186 e. The minimum atomic E-state index is 0.542. The molecular weight excluding hydrogens is 282 g/mol. The minimum absolute atomic E-state index is 0.542. The second-order valence-electron chi connectivity index (χ2n) is 5.08. The van der Waals surface area contributed by atoms with E-state index in [1.807, 2.05) is 43.3 Å². The number of hydrogen-bond acceptors (Lipinski definition) is 3. The van der Waals surface area contributed by atoms with Gasteiger partial charge in [0.15, 0.2) is 5.11 Å². The summed E-state index contributed by atoms with van der Waals surface area (Å²) in [5.74, 6) is 1.39. The van der Waals surface area contributed by atoms with E-state index in [1.54, 1.807) is 7.11 Å². The van der Waals surface area contributed by atoms with Crippen molar-refractivity contribution in [1.29, 1.82) is 0 Å². The Bertz CT molecular complexity index is 507. The Morgan fingerprint density at radius 3 is 2.57 bits per heavy atom. The lowest BCUT2D eigenvalue weighted by atomic mass is 10.2. The Balaban J connectivity index is 2.47. The van der Waals surface area contributed by atoms with Crippen molar-refractivity contribution in [3.8, 4) is 5.75 Å². The third kappa shape index (κ3) is 7.46. The maximum absolute atomic E-state index is 5.13. The highest BCUT2D eigenvalue weighted by Crippen LogP contribution is 2.12. The van der Waals surface area contributed by atoms with Gasteiger partial charge in [0.25, 0.3) is 0 Å². The third-order valence-corrected chi connectivity index (χ3v) is 2.87. The summed E-state index contributed by atoms with van der Waals surface area (Å²) in [6.07, 6.45) is 3.92. The Labute approximate surface area is 132 Å². The average Bonchev–Trinajstić information content (AvgIpc) is 2.49. The van der Waals surface area contributed by atoms with Crippen molar-refractivity contribution in [2.24, 2.45) is 11.0 Å². The lowest BCUT2D eigenvalue weighted by molar-refractivity contribution is 0.415. The molecule has 0 spiro atoms. The molecule has 1 rings (SSSR count). The fourth-order valence-electron chi connectivity index (χ4n) is 1.44. The van der Waals surface area contributed by atoms with E-state index in [2.05, 4.69) is 29.7 Å². The molecule has 0 radical (unpaired) electrons. The van der Waals surface area contributed by atoms with Crippen LogP contribution in [0.1, 0.15) is 26.3 Å². The van der Waals surface area contributed by atoms with Crippen LogP contribution in [0.2, 0.25) is 0 Å². The van der Waals surface area contributed by atoms with E-state index in [-0.39, 0.29) is 0 Å². The van der Waals surface area contributed by atoms with Gasteiger partial charge in [-0.05, 0) is 48.8 Å². The van der Waals surface area contributed by atoms with Crippen LogP contribution in [-0.2, 0) is 0 Å². The number of hydrazone groups is 1. The second kappa shape index (κ2) is 9.13. The van der Waals surface area contributed by atoms with Gasteiger partial charge in [-0.15, -0.1) is 0 Å². The first kappa shape index (κ1) is 17.2. The Morgan fingerprint density at radius 2 is 2.00 bits per heavy atom. The molecule has 0 fully saturated rings. The molecule has 0 amide bonds. The molecule has 5 heteroatoms. The molecule has 21 heavy (non-hydrogen) atoms. The van der Waals surface area contributed by atoms with Crippen LogP contribution in [0, 0.1) is 5.92 Å². The van der Waals surface area contributed by atoms with E-state index < -0.39 is 0 Å². The summed E-state index contributed by atoms with van der Waals surface area (Å²) < 4.78 is 5.12. The van der Waals surface area contributed by atoms with Crippen LogP contribution in [-0.4, -0.2) is 24.5 Å². The van der Waals surface area contributed by atoms with Crippen molar-refractivity contribution >= 4 is 29.1 Å². The topological polar surface area (TPSA) is 45.6 Å². The molecular formula is C16H23N3OS. The lowest BCUT2D eigenvalue weighted by Gasteiger charge is -2.09. The summed E-state index contributed by atoms with van der Waals surface area (Å²) in [6.45, 7) is 7.00. The molecule has 0 atom stereocenters. The van der Waals surface area contributed by atoms with E-state index >= 15 is 0 Å². The first-order valence-electron chi connectivity index (χ1n) is 6.91. The van der Waals surface area contributed by atoms with Crippen LogP contribution in [0.3, 0.4) is 0 Å². The number of hydrogen-bond donors (Lipinski definition) is 2. The summed E-state index contributed by atoms with van der Waals surface area (Å²) in [5.41, 5.74) is 4.76. The molecule has 2 N–H and O–H groups in total. The SMILES string of the molecule is COc1ccc(/C=C/C(C)=NNC(=S)NCC(C)C)cc1. The van der Waals surface area contributed by atoms with Gasteiger partial charge in [-0.2, -0.15) is 5.10 Å². The van der Waals surface area contributed by atoms with Gasteiger partial charge in [-0.25, -0.2) is 0 Å². The zero-order valence-electron chi connectivity index (χ0n) is 13.0. The Hall–Kier alpha value is -1.88. The summed E-state index contributed by atoms with van der Waals surface area (Å²) >= 11 is 5.13. The smallest absolute Gasteiger partial charge is 0.186 e. The van der Waals surface area contributed by atoms with Crippen molar-refractivity contribution in [3.05, 3.63) is 35.9 Å². The summed E-state index contributed by atoms with van der Waals surface area (Å²) in [6, 6.07) is 7.83. The van der Waals surface area contributed by atoms with Crippen LogP contribution in [0.5, 0.6) is 5.75 Å². The zero-order valence-corrected chi connectivity index (χ0v) is 13.8. The van der Waals surface area contributed by atoms with Crippen molar-refractivity contribution in [2.75, 3.05) is 13.7 Å². The molecule has 1 aromatic rings. The predicted molar refractivity (Wildman–Crippen MR) is 93.7 cm³/mol. The highest BCUT2D eigenvalue weighted by molar-refractivity contribution is 7.80. The van der Waals surface area contributed by atoms with Crippen LogP contribution in [0.15, 0.2) is 35.4 Å². The number of nitrogens with zero attached hydrogens (tertiary/aromatic N) is 1. The van der Waals surface area contributed by atoms with Crippen LogP contribution < -0.4 is 15.5 Å². The summed E-state index contributed by atoms with van der Waals surface area (Å²) in [4.78, 5) is 0. The molecule has 0 aliphatic carbocycles. The average molecular weight is 305 g/mol. The summed E-state index contributed by atoms with van der Waals surface area (Å²) in [7, 11) is 1.66. The Kier molecular flexibility index (Phi) is 7.46. The number of benzene rings is 1. The standard InChI is InChI=1S/C16H23N3OS/c1-12(2)11-17-16(21)19-18-13(3)5-6-14-7-9-15(20-4)10-8-14/h5-10,12H,11H2,1-4H3,(H2,17,19,21)/b6-5+,18-13?. The monoisotopic (exact) mass is 305 g/mol. The minimum Gasteiger partial charge on any atom is -0.497 e. The largest absolute Gasteiger partial charge is 0.497 e. The molecule has 0 saturated heterocycles. The lowest BCUT2D eigenvalue weighted by Crippen LogP contribution is -2.34. The van der Waals surface area contributed by atoms with Gasteiger partial charge in [-0.3, -0.25) is 5.43 Å². The van der Waals surface area contributed by atoms with Gasteiger partial charge in [0, 0.05) is 6.54 Å². The number of nitrogens with one attached hydrogen (secondary N) is 2. The van der Waals surface area contributed by atoms with E-state index in [9.17, 15) is 0 Å². The first-order valence-corrected chi connectivity index (χ1v) is 7.32. The fourth-order valence-corrected chi connectivity index (χ4v) is 1.57. The van der Waals surface area contributed by atoms with Gasteiger partial charge < -0.3 is 10.1 Å². The molecule has 0 bridgehead atoms. The molecule has 114 valence electrons. The molecule has 0 saturated carbocycles. The van der Waals surface area contributed by atoms with Crippen LogP contribution in [0.4, 0.5) is 0 Å². The number of rotatable bonds is 6. The molecule has 0 aliphatic rings. The molecule has 0 aromatic heterocycles. The molecule has 0 aliphatic heterocycles. The van der Waals surface area contributed by atoms with Crippen LogP contribution in [0.25, 0.3) is 6.08 Å². The van der Waals surface area contributed by atoms with E-state index in [0.29, 0.717) is 11.0 Å². The number of methoxy groups -OCH3 is 1. The van der Waals surface area contributed by atoms with E-state index in [1.165, 1.54) is 0 Å². The maximum atomic E-state index is 5.13. The van der Waals surface area contributed by atoms with Gasteiger partial charge in [0.2, 0.25) is 0 Å². The molecule has 0 heterocycles. The molecule has 0 unspecified atom stereocenters. The highest BCUT2D eigenvalue weighted by atomic mass is 32.1. The van der Waals surface area contributed by atoms with Gasteiger partial charge >= 0.3 is 0 Å². The summed E-state index contributed by atoms with van der Waals surface area (Å²) in [5, 5.41) is 7.84. The van der Waals surface area contributed by atoms with Gasteiger partial charge in [0.1, 0.15) is 5.75 Å². The highest BCUT2D eigenvalue weighted by Gasteiger charge is 1.96. The number of thiocarbonyl (C=S) groups is 1. The Morgan fingerprint density at radius 1 is 1.33 bits per heavy atom. The molecule has 1 aromatic carbocycles. The number of allylic oxidation sites excluding steroid dienone is 1. The zero-order chi connectivity index (χ0) is 15.7. The van der Waals surface area contributed by atoms with Crippen molar-refractivity contribution in [3.63, 3.8) is 0 Å². The predicted octanol–water partition coefficient (Wildman–Crippen LogP) is 3.20. The van der Waals surface area contributed by atoms with Crippen molar-refractivity contribution < 1.29 is 4.74 Å². The fraction of sp³-hybridized carbons (Fsp3) is 0.375. The van der Waals surface area contributed by atoms with Gasteiger partial charge in [-0.1, -0.05) is 32.1 Å². The van der Waals surface area contributed by atoms with Crippen LogP contribution >= 0.6 is 12.2 Å². The normalized spacial score (nSPS) is 11.8. The quantitative estimate of drug-likeness (QED) is 0.481. The van der Waals surface area contributed by atoms with E-state index in [0.717, 1.165) is 23.6 Å². The van der Waals surface area contributed by atoms with Crippen molar-refractivity contribution in [1.82, 2.24) is 10.7 Å². The van der Waals surface area contributed by atoms with Gasteiger partial charge in [0.05, 0.1) is 12.8 Å². The number of ether oxygens (including phenoxy) is 1. The third-order valence-electron chi connectivity index (χ3n) is 2.64. The van der Waals surface area contributed by atoms with E-state index in [4.69, 9.17) is 17.0 Å². The second-order valence-corrected chi connectivity index (χ2v) is 5.48. The molecule has 4 nitrogen and oxygen atoms in total. The first-order chi connectivity index (χ1) is 10.0.